The lowest BCUT2D eigenvalue weighted by molar-refractivity contribution is -0.141. The second-order valence-electron chi connectivity index (χ2n) is 5.08. The summed E-state index contributed by atoms with van der Waals surface area (Å²) in [5, 5.41) is 5.14. The van der Waals surface area contributed by atoms with E-state index in [9.17, 15) is 9.59 Å². The third kappa shape index (κ3) is 11.0. The van der Waals surface area contributed by atoms with Crippen LogP contribution in [0.25, 0.3) is 0 Å². The van der Waals surface area contributed by atoms with Crippen LogP contribution in [0.4, 0.5) is 4.79 Å². The lowest BCUT2D eigenvalue weighted by atomic mass is 9.91. The van der Waals surface area contributed by atoms with E-state index < -0.39 is 5.97 Å². The fourth-order valence-electron chi connectivity index (χ4n) is 1.25. The lowest BCUT2D eigenvalue weighted by Crippen LogP contribution is -2.39. The van der Waals surface area contributed by atoms with Gasteiger partial charge in [0, 0.05) is 6.54 Å². The molecule has 0 bridgehead atoms. The van der Waals surface area contributed by atoms with Crippen LogP contribution in [0.15, 0.2) is 0 Å². The van der Waals surface area contributed by atoms with Crippen molar-refractivity contribution in [2.45, 2.75) is 40.5 Å². The summed E-state index contributed by atoms with van der Waals surface area (Å²) in [4.78, 5) is 22.2. The van der Waals surface area contributed by atoms with E-state index in [1.165, 1.54) is 0 Å². The molecule has 0 fully saturated rings. The quantitative estimate of drug-likeness (QED) is 0.551. The molecule has 0 aromatic heterocycles. The zero-order chi connectivity index (χ0) is 13.3. The number of ether oxygens (including phenoxy) is 1. The number of rotatable bonds is 6. The predicted octanol–water partition coefficient (Wildman–Crippen LogP) is 1.67. The molecule has 0 spiro atoms. The van der Waals surface area contributed by atoms with E-state index in [4.69, 9.17) is 0 Å². The van der Waals surface area contributed by atoms with Crippen LogP contribution >= 0.6 is 0 Å². The van der Waals surface area contributed by atoms with Gasteiger partial charge < -0.3 is 15.4 Å². The molecule has 100 valence electrons. The first kappa shape index (κ1) is 15.7. The third-order valence-corrected chi connectivity index (χ3v) is 2.09. The maximum absolute atomic E-state index is 11.2. The van der Waals surface area contributed by atoms with Gasteiger partial charge in [0.1, 0.15) is 6.54 Å². The van der Waals surface area contributed by atoms with Crippen LogP contribution in [0.5, 0.6) is 0 Å². The molecular weight excluding hydrogens is 220 g/mol. The molecule has 0 rings (SSSR count). The van der Waals surface area contributed by atoms with E-state index in [1.54, 1.807) is 6.92 Å². The molecule has 2 N–H and O–H groups in total. The first-order valence-corrected chi connectivity index (χ1v) is 6.02. The fraction of sp³-hybridized carbons (Fsp3) is 0.833. The molecule has 0 heterocycles. The fourth-order valence-corrected chi connectivity index (χ4v) is 1.25. The topological polar surface area (TPSA) is 67.4 Å². The summed E-state index contributed by atoms with van der Waals surface area (Å²) in [6, 6.07) is -0.327. The van der Waals surface area contributed by atoms with Crippen LogP contribution in [-0.4, -0.2) is 31.7 Å². The van der Waals surface area contributed by atoms with E-state index in [-0.39, 0.29) is 18.0 Å². The van der Waals surface area contributed by atoms with Crippen molar-refractivity contribution in [3.8, 4) is 0 Å². The Morgan fingerprint density at radius 3 is 2.35 bits per heavy atom. The van der Waals surface area contributed by atoms with Crippen LogP contribution in [-0.2, 0) is 9.53 Å². The first-order chi connectivity index (χ1) is 7.85. The highest BCUT2D eigenvalue weighted by Crippen LogP contribution is 2.19. The number of urea groups is 1. The second kappa shape index (κ2) is 7.92. The van der Waals surface area contributed by atoms with Crippen molar-refractivity contribution in [1.82, 2.24) is 10.6 Å². The molecule has 0 aliphatic heterocycles. The molecule has 0 aliphatic carbocycles. The Kier molecular flexibility index (Phi) is 7.34. The number of carbonyl (C=O) groups excluding carboxylic acids is 2. The lowest BCUT2D eigenvalue weighted by Gasteiger charge is -2.17. The summed E-state index contributed by atoms with van der Waals surface area (Å²) in [7, 11) is 0. The zero-order valence-corrected chi connectivity index (χ0v) is 11.3. The molecule has 0 aromatic carbocycles. The van der Waals surface area contributed by atoms with Crippen molar-refractivity contribution in [2.75, 3.05) is 19.7 Å². The minimum Gasteiger partial charge on any atom is -0.465 e. The van der Waals surface area contributed by atoms with E-state index in [0.717, 1.165) is 12.8 Å². The zero-order valence-electron chi connectivity index (χ0n) is 11.3. The number of carbonyl (C=O) groups is 2. The minimum absolute atomic E-state index is 0.0844. The molecule has 0 unspecified atom stereocenters. The molecule has 0 saturated carbocycles. The SMILES string of the molecule is CCOC(=O)CNC(=O)NCCCC(C)(C)C. The largest absolute Gasteiger partial charge is 0.465 e. The van der Waals surface area contributed by atoms with Crippen LogP contribution in [0, 0.1) is 5.41 Å². The molecule has 0 aromatic rings. The van der Waals surface area contributed by atoms with Crippen LogP contribution in [0.3, 0.4) is 0 Å². The monoisotopic (exact) mass is 244 g/mol. The van der Waals surface area contributed by atoms with Crippen molar-refractivity contribution in [3.05, 3.63) is 0 Å². The van der Waals surface area contributed by atoms with Gasteiger partial charge in [0.2, 0.25) is 0 Å². The summed E-state index contributed by atoms with van der Waals surface area (Å²) in [5.41, 5.74) is 0.281. The highest BCUT2D eigenvalue weighted by Gasteiger charge is 2.09. The van der Waals surface area contributed by atoms with Gasteiger partial charge in [-0.05, 0) is 25.2 Å². The molecule has 5 nitrogen and oxygen atoms in total. The summed E-state index contributed by atoms with van der Waals surface area (Å²) in [6.07, 6.45) is 1.97. The van der Waals surface area contributed by atoms with Crippen molar-refractivity contribution in [1.29, 1.82) is 0 Å². The van der Waals surface area contributed by atoms with Crippen molar-refractivity contribution < 1.29 is 14.3 Å². The van der Waals surface area contributed by atoms with Gasteiger partial charge >= 0.3 is 12.0 Å². The highest BCUT2D eigenvalue weighted by molar-refractivity contribution is 5.80. The third-order valence-electron chi connectivity index (χ3n) is 2.09. The van der Waals surface area contributed by atoms with Gasteiger partial charge in [-0.25, -0.2) is 4.79 Å². The van der Waals surface area contributed by atoms with Crippen LogP contribution in [0.2, 0.25) is 0 Å². The van der Waals surface area contributed by atoms with Crippen LogP contribution < -0.4 is 10.6 Å². The van der Waals surface area contributed by atoms with Crippen molar-refractivity contribution in [2.24, 2.45) is 5.41 Å². The normalized spacial score (nSPS) is 10.8. The van der Waals surface area contributed by atoms with Gasteiger partial charge in [-0.1, -0.05) is 20.8 Å². The number of hydrogen-bond donors (Lipinski definition) is 2. The van der Waals surface area contributed by atoms with E-state index in [1.807, 2.05) is 0 Å². The van der Waals surface area contributed by atoms with Gasteiger partial charge in [0.15, 0.2) is 0 Å². The molecule has 17 heavy (non-hydrogen) atoms. The number of esters is 1. The molecule has 0 radical (unpaired) electrons. The highest BCUT2D eigenvalue weighted by atomic mass is 16.5. The molecule has 0 atom stereocenters. The molecular formula is C12H24N2O3. The Labute approximate surface area is 103 Å². The summed E-state index contributed by atoms with van der Waals surface area (Å²) >= 11 is 0. The maximum Gasteiger partial charge on any atom is 0.325 e. The average Bonchev–Trinajstić information content (AvgIpc) is 2.21. The van der Waals surface area contributed by atoms with Crippen LogP contribution in [0.1, 0.15) is 40.5 Å². The Balaban J connectivity index is 3.50. The minimum atomic E-state index is -0.419. The molecule has 0 saturated heterocycles. The van der Waals surface area contributed by atoms with E-state index in [2.05, 4.69) is 36.1 Å². The summed E-state index contributed by atoms with van der Waals surface area (Å²) in [5.74, 6) is -0.419. The molecule has 2 amide bonds. The number of amides is 2. The average molecular weight is 244 g/mol. The smallest absolute Gasteiger partial charge is 0.325 e. The summed E-state index contributed by atoms with van der Waals surface area (Å²) < 4.78 is 4.68. The number of hydrogen-bond acceptors (Lipinski definition) is 3. The first-order valence-electron chi connectivity index (χ1n) is 6.02. The predicted molar refractivity (Wildman–Crippen MR) is 66.7 cm³/mol. The maximum atomic E-state index is 11.2. The summed E-state index contributed by atoms with van der Waals surface area (Å²) in [6.45, 7) is 9.07. The van der Waals surface area contributed by atoms with Crippen molar-refractivity contribution in [3.63, 3.8) is 0 Å². The Bertz CT molecular complexity index is 247. The Hall–Kier alpha value is -1.26. The van der Waals surface area contributed by atoms with Gasteiger partial charge in [0.25, 0.3) is 0 Å². The second-order valence-corrected chi connectivity index (χ2v) is 5.08. The molecule has 5 heteroatoms. The van der Waals surface area contributed by atoms with Gasteiger partial charge in [-0.2, -0.15) is 0 Å². The van der Waals surface area contributed by atoms with Gasteiger partial charge in [-0.3, -0.25) is 4.79 Å². The van der Waals surface area contributed by atoms with Gasteiger partial charge in [-0.15, -0.1) is 0 Å². The van der Waals surface area contributed by atoms with E-state index in [0.29, 0.717) is 13.2 Å². The molecule has 0 aliphatic rings. The Morgan fingerprint density at radius 2 is 1.82 bits per heavy atom. The standard InChI is InChI=1S/C12H24N2O3/c1-5-17-10(15)9-14-11(16)13-8-6-7-12(2,3)4/h5-9H2,1-4H3,(H2,13,14,16). The Morgan fingerprint density at radius 1 is 1.18 bits per heavy atom. The number of nitrogens with one attached hydrogen (secondary N) is 2. The van der Waals surface area contributed by atoms with E-state index >= 15 is 0 Å². The van der Waals surface area contributed by atoms with Gasteiger partial charge in [0.05, 0.1) is 6.61 Å². The van der Waals surface area contributed by atoms with Crippen molar-refractivity contribution >= 4 is 12.0 Å².